The number of hydrogen-bond acceptors (Lipinski definition) is 3. The molecule has 1 aromatic carbocycles. The molecule has 1 aromatic rings. The number of carboxylic acids is 1. The van der Waals surface area contributed by atoms with Gasteiger partial charge in [-0.25, -0.2) is 0 Å². The topological polar surface area (TPSA) is 57.6 Å². The van der Waals surface area contributed by atoms with Crippen molar-refractivity contribution >= 4 is 35.2 Å². The van der Waals surface area contributed by atoms with E-state index in [1.54, 1.807) is 24.0 Å². The van der Waals surface area contributed by atoms with Crippen LogP contribution in [0.25, 0.3) is 0 Å². The molecule has 0 aliphatic heterocycles. The molecule has 0 saturated heterocycles. The number of nitrogens with zero attached hydrogens (tertiary/aromatic N) is 1. The minimum Gasteiger partial charge on any atom is -0.481 e. The van der Waals surface area contributed by atoms with Crippen LogP contribution in [0.15, 0.2) is 29.2 Å². The van der Waals surface area contributed by atoms with E-state index in [2.05, 4.69) is 0 Å². The first-order valence-electron chi connectivity index (χ1n) is 6.79. The molecule has 0 saturated carbocycles. The van der Waals surface area contributed by atoms with Gasteiger partial charge in [-0.1, -0.05) is 11.6 Å². The van der Waals surface area contributed by atoms with E-state index in [4.69, 9.17) is 16.7 Å². The molecule has 6 heteroatoms. The third-order valence-corrected chi connectivity index (χ3v) is 4.45. The van der Waals surface area contributed by atoms with Crippen molar-refractivity contribution < 1.29 is 14.7 Å². The van der Waals surface area contributed by atoms with E-state index in [-0.39, 0.29) is 23.6 Å². The number of carbonyl (C=O) groups excluding carboxylic acids is 1. The van der Waals surface area contributed by atoms with E-state index in [1.165, 1.54) is 11.8 Å². The largest absolute Gasteiger partial charge is 0.481 e. The molecule has 4 nitrogen and oxygen atoms in total. The van der Waals surface area contributed by atoms with Gasteiger partial charge in [0.1, 0.15) is 0 Å². The summed E-state index contributed by atoms with van der Waals surface area (Å²) in [5.74, 6) is -0.946. The van der Waals surface area contributed by atoms with Gasteiger partial charge in [0.15, 0.2) is 0 Å². The van der Waals surface area contributed by atoms with Gasteiger partial charge in [0.05, 0.1) is 11.7 Å². The monoisotopic (exact) mass is 329 g/mol. The van der Waals surface area contributed by atoms with E-state index in [0.717, 1.165) is 4.90 Å². The fraction of sp³-hybridized carbons (Fsp3) is 0.467. The molecule has 0 aromatic heterocycles. The number of amides is 1. The van der Waals surface area contributed by atoms with Crippen molar-refractivity contribution in [2.24, 2.45) is 0 Å². The maximum atomic E-state index is 12.5. The predicted octanol–water partition coefficient (Wildman–Crippen LogP) is 3.53. The van der Waals surface area contributed by atoms with Crippen molar-refractivity contribution in [2.45, 2.75) is 43.4 Å². The fourth-order valence-corrected chi connectivity index (χ4v) is 3.11. The molecule has 0 aliphatic rings. The molecule has 1 N–H and O–H groups in total. The third-order valence-electron chi connectivity index (χ3n) is 3.10. The summed E-state index contributed by atoms with van der Waals surface area (Å²) in [4.78, 5) is 25.8. The molecule has 2 unspecified atom stereocenters. The minimum atomic E-state index is -0.897. The lowest BCUT2D eigenvalue weighted by Gasteiger charge is -2.29. The van der Waals surface area contributed by atoms with Gasteiger partial charge in [0.25, 0.3) is 0 Å². The maximum Gasteiger partial charge on any atom is 0.305 e. The highest BCUT2D eigenvalue weighted by molar-refractivity contribution is 8.00. The molecule has 116 valence electrons. The molecule has 0 radical (unpaired) electrons. The van der Waals surface area contributed by atoms with Crippen LogP contribution in [0, 0.1) is 0 Å². The van der Waals surface area contributed by atoms with Gasteiger partial charge in [-0.3, -0.25) is 9.59 Å². The Balaban J connectivity index is 2.70. The van der Waals surface area contributed by atoms with Crippen LogP contribution in [0.5, 0.6) is 0 Å². The molecule has 21 heavy (non-hydrogen) atoms. The molecule has 0 spiro atoms. The van der Waals surface area contributed by atoms with Crippen LogP contribution < -0.4 is 0 Å². The first-order valence-corrected chi connectivity index (χ1v) is 8.05. The van der Waals surface area contributed by atoms with Crippen molar-refractivity contribution in [3.63, 3.8) is 0 Å². The van der Waals surface area contributed by atoms with Gasteiger partial charge in [0, 0.05) is 22.5 Å². The predicted molar refractivity (Wildman–Crippen MR) is 85.9 cm³/mol. The summed E-state index contributed by atoms with van der Waals surface area (Å²) < 4.78 is 0. The zero-order valence-electron chi connectivity index (χ0n) is 12.4. The first kappa shape index (κ1) is 17.9. The number of thioether (sulfide) groups is 1. The lowest BCUT2D eigenvalue weighted by molar-refractivity contribution is -0.140. The van der Waals surface area contributed by atoms with E-state index < -0.39 is 5.97 Å². The second-order valence-electron chi connectivity index (χ2n) is 4.79. The van der Waals surface area contributed by atoms with Gasteiger partial charge >= 0.3 is 5.97 Å². The first-order chi connectivity index (χ1) is 9.85. The highest BCUT2D eigenvalue weighted by Gasteiger charge is 2.25. The van der Waals surface area contributed by atoms with Crippen LogP contribution in [0.3, 0.4) is 0 Å². The van der Waals surface area contributed by atoms with Crippen molar-refractivity contribution in [3.8, 4) is 0 Å². The Kier molecular flexibility index (Phi) is 7.05. The Morgan fingerprint density at radius 3 is 2.33 bits per heavy atom. The molecule has 0 bridgehead atoms. The van der Waals surface area contributed by atoms with Gasteiger partial charge < -0.3 is 10.0 Å². The summed E-state index contributed by atoms with van der Waals surface area (Å²) in [5.41, 5.74) is 0. The Morgan fingerprint density at radius 2 is 1.86 bits per heavy atom. The van der Waals surface area contributed by atoms with Crippen molar-refractivity contribution in [3.05, 3.63) is 29.3 Å². The quantitative estimate of drug-likeness (QED) is 0.777. The fourth-order valence-electron chi connectivity index (χ4n) is 2.05. The number of aliphatic carboxylic acids is 1. The summed E-state index contributed by atoms with van der Waals surface area (Å²) in [6.07, 6.45) is -0.0437. The second-order valence-corrected chi connectivity index (χ2v) is 6.64. The average Bonchev–Trinajstić information content (AvgIpc) is 2.41. The van der Waals surface area contributed by atoms with E-state index >= 15 is 0 Å². The lowest BCUT2D eigenvalue weighted by atomic mass is 10.2. The standard InChI is InChI=1S/C15H20ClNO3S/c1-4-17(10(2)9-14(18)19)15(20)11(3)21-13-7-5-12(16)6-8-13/h5-8,10-11H,4,9H2,1-3H3,(H,18,19). The number of rotatable bonds is 7. The second kappa shape index (κ2) is 8.29. The van der Waals surface area contributed by atoms with E-state index in [9.17, 15) is 9.59 Å². The lowest BCUT2D eigenvalue weighted by Crippen LogP contribution is -2.43. The number of carboxylic acid groups (broad SMARTS) is 1. The SMILES string of the molecule is CCN(C(=O)C(C)Sc1ccc(Cl)cc1)C(C)CC(=O)O. The van der Waals surface area contributed by atoms with Gasteiger partial charge in [0.2, 0.25) is 5.91 Å². The van der Waals surface area contributed by atoms with Crippen LogP contribution in [-0.4, -0.2) is 39.7 Å². The zero-order chi connectivity index (χ0) is 16.0. The molecule has 0 aliphatic carbocycles. The zero-order valence-corrected chi connectivity index (χ0v) is 13.9. The Bertz CT molecular complexity index is 492. The summed E-state index contributed by atoms with van der Waals surface area (Å²) >= 11 is 7.28. The summed E-state index contributed by atoms with van der Waals surface area (Å²) in [5, 5.41) is 9.23. The van der Waals surface area contributed by atoms with Crippen LogP contribution in [-0.2, 0) is 9.59 Å². The summed E-state index contributed by atoms with van der Waals surface area (Å²) in [7, 11) is 0. The Morgan fingerprint density at radius 1 is 1.29 bits per heavy atom. The molecular formula is C15H20ClNO3S. The average molecular weight is 330 g/mol. The summed E-state index contributed by atoms with van der Waals surface area (Å²) in [6, 6.07) is 6.99. The van der Waals surface area contributed by atoms with Gasteiger partial charge in [-0.05, 0) is 45.0 Å². The smallest absolute Gasteiger partial charge is 0.305 e. The third kappa shape index (κ3) is 5.59. The number of hydrogen-bond donors (Lipinski definition) is 1. The van der Waals surface area contributed by atoms with Crippen molar-refractivity contribution in [2.75, 3.05) is 6.54 Å². The van der Waals surface area contributed by atoms with E-state index in [1.807, 2.05) is 26.0 Å². The number of carbonyl (C=O) groups is 2. The van der Waals surface area contributed by atoms with Crippen LogP contribution >= 0.6 is 23.4 Å². The highest BCUT2D eigenvalue weighted by Crippen LogP contribution is 2.26. The summed E-state index contributed by atoms with van der Waals surface area (Å²) in [6.45, 7) is 5.95. The molecular weight excluding hydrogens is 310 g/mol. The van der Waals surface area contributed by atoms with Crippen LogP contribution in [0.1, 0.15) is 27.2 Å². The number of benzene rings is 1. The molecule has 1 amide bonds. The molecule has 1 rings (SSSR count). The normalized spacial score (nSPS) is 13.5. The molecule has 2 atom stereocenters. The highest BCUT2D eigenvalue weighted by atomic mass is 35.5. The Labute approximate surface area is 134 Å². The number of halogens is 1. The van der Waals surface area contributed by atoms with Crippen molar-refractivity contribution in [1.82, 2.24) is 4.90 Å². The minimum absolute atomic E-state index is 0.0437. The molecule has 0 fully saturated rings. The van der Waals surface area contributed by atoms with Crippen LogP contribution in [0.4, 0.5) is 0 Å². The maximum absolute atomic E-state index is 12.5. The molecule has 0 heterocycles. The van der Waals surface area contributed by atoms with Gasteiger partial charge in [-0.15, -0.1) is 11.8 Å². The van der Waals surface area contributed by atoms with Crippen molar-refractivity contribution in [1.29, 1.82) is 0 Å². The van der Waals surface area contributed by atoms with E-state index in [0.29, 0.717) is 11.6 Å². The Hall–Kier alpha value is -1.20. The van der Waals surface area contributed by atoms with Crippen LogP contribution in [0.2, 0.25) is 5.02 Å². The van der Waals surface area contributed by atoms with Gasteiger partial charge in [-0.2, -0.15) is 0 Å².